The van der Waals surface area contributed by atoms with Crippen LogP contribution in [0.15, 0.2) is 0 Å². The maximum absolute atomic E-state index is 11.4. The summed E-state index contributed by atoms with van der Waals surface area (Å²) in [7, 11) is 0. The van der Waals surface area contributed by atoms with Crippen LogP contribution in [-0.4, -0.2) is 31.7 Å². The highest BCUT2D eigenvalue weighted by Gasteiger charge is 2.41. The Morgan fingerprint density at radius 2 is 1.64 bits per heavy atom. The maximum Gasteiger partial charge on any atom is 0.328 e. The smallest absolute Gasteiger partial charge is 0.328 e. The molecule has 0 saturated heterocycles. The molecule has 1 atom stereocenters. The first-order chi connectivity index (χ1) is 10.6. The molecular formula is C15H27BrN4O2. The number of aliphatic carboxylic acids is 1. The number of nitrogens with zero attached hydrogens (tertiary/aromatic N) is 3. The van der Waals surface area contributed by atoms with Gasteiger partial charge in [-0.05, 0) is 6.42 Å². The lowest BCUT2D eigenvalue weighted by molar-refractivity contribution is -0.140. The average Bonchev–Trinajstić information content (AvgIpc) is 3.03. The minimum atomic E-state index is -1.22. The van der Waals surface area contributed by atoms with E-state index in [-0.39, 0.29) is 5.82 Å². The fourth-order valence-electron chi connectivity index (χ4n) is 2.50. The Hall–Kier alpha value is -0.980. The molecule has 7 heteroatoms. The molecule has 126 valence electrons. The normalized spacial score (nSPS) is 13.9. The number of nitrogens with one attached hydrogen (secondary N) is 1. The number of carbonyl (C=O) groups is 1. The van der Waals surface area contributed by atoms with E-state index in [0.717, 1.165) is 19.3 Å². The third kappa shape index (κ3) is 6.42. The van der Waals surface area contributed by atoms with Gasteiger partial charge in [-0.25, -0.2) is 0 Å². The van der Waals surface area contributed by atoms with Gasteiger partial charge in [-0.15, -0.1) is 10.2 Å². The second kappa shape index (κ2) is 10.7. The number of unbranched alkanes of at least 4 members (excludes halogenated alkanes) is 9. The highest BCUT2D eigenvalue weighted by molar-refractivity contribution is 9.10. The number of rotatable bonds is 13. The summed E-state index contributed by atoms with van der Waals surface area (Å²) in [6.07, 6.45) is 12.7. The SMILES string of the molecule is CCCCCCCCCCCCC(Br)(C(=O)O)c1nn[nH]n1. The van der Waals surface area contributed by atoms with Gasteiger partial charge in [-0.2, -0.15) is 5.21 Å². The largest absolute Gasteiger partial charge is 0.480 e. The first-order valence-electron chi connectivity index (χ1n) is 8.27. The molecule has 0 bridgehead atoms. The van der Waals surface area contributed by atoms with Gasteiger partial charge in [0.2, 0.25) is 5.82 Å². The van der Waals surface area contributed by atoms with Crippen LogP contribution < -0.4 is 0 Å². The molecule has 1 aromatic rings. The van der Waals surface area contributed by atoms with Crippen LogP contribution in [0.4, 0.5) is 0 Å². The van der Waals surface area contributed by atoms with Gasteiger partial charge in [-0.1, -0.05) is 92.3 Å². The van der Waals surface area contributed by atoms with Crippen LogP contribution in [0.2, 0.25) is 0 Å². The second-order valence-electron chi connectivity index (χ2n) is 5.77. The maximum atomic E-state index is 11.4. The van der Waals surface area contributed by atoms with Crippen molar-refractivity contribution in [2.24, 2.45) is 0 Å². The number of aromatic amines is 1. The lowest BCUT2D eigenvalue weighted by atomic mass is 9.99. The summed E-state index contributed by atoms with van der Waals surface area (Å²) in [6, 6.07) is 0. The van der Waals surface area contributed by atoms with Crippen molar-refractivity contribution in [2.45, 2.75) is 81.9 Å². The van der Waals surface area contributed by atoms with E-state index in [2.05, 4.69) is 43.5 Å². The molecule has 0 radical (unpaired) electrons. The summed E-state index contributed by atoms with van der Waals surface area (Å²) in [4.78, 5) is 11.4. The molecule has 1 aromatic heterocycles. The molecule has 0 amide bonds. The zero-order chi connectivity index (χ0) is 16.3. The monoisotopic (exact) mass is 374 g/mol. The lowest BCUT2D eigenvalue weighted by Gasteiger charge is -2.18. The van der Waals surface area contributed by atoms with Crippen molar-refractivity contribution in [3.63, 3.8) is 0 Å². The molecule has 6 nitrogen and oxygen atoms in total. The van der Waals surface area contributed by atoms with Crippen molar-refractivity contribution in [2.75, 3.05) is 0 Å². The molecule has 1 heterocycles. The third-order valence-electron chi connectivity index (χ3n) is 3.91. The summed E-state index contributed by atoms with van der Waals surface area (Å²) in [5, 5.41) is 22.7. The highest BCUT2D eigenvalue weighted by atomic mass is 79.9. The van der Waals surface area contributed by atoms with Crippen molar-refractivity contribution < 1.29 is 9.90 Å². The predicted molar refractivity (Wildman–Crippen MR) is 88.9 cm³/mol. The van der Waals surface area contributed by atoms with E-state index in [1.165, 1.54) is 44.9 Å². The summed E-state index contributed by atoms with van der Waals surface area (Å²) < 4.78 is -1.22. The molecule has 22 heavy (non-hydrogen) atoms. The average molecular weight is 375 g/mol. The number of halogens is 1. The predicted octanol–water partition coefficient (Wildman–Crippen LogP) is 4.19. The van der Waals surface area contributed by atoms with Crippen molar-refractivity contribution in [1.82, 2.24) is 20.6 Å². The number of hydrogen-bond donors (Lipinski definition) is 2. The summed E-state index contributed by atoms with van der Waals surface area (Å²) in [5.41, 5.74) is 0. The van der Waals surface area contributed by atoms with Crippen LogP contribution >= 0.6 is 15.9 Å². The van der Waals surface area contributed by atoms with Gasteiger partial charge in [0, 0.05) is 0 Å². The van der Waals surface area contributed by atoms with Crippen LogP contribution in [-0.2, 0) is 9.12 Å². The Labute approximate surface area is 140 Å². The fraction of sp³-hybridized carbons (Fsp3) is 0.867. The number of hydrogen-bond acceptors (Lipinski definition) is 4. The number of alkyl halides is 1. The molecular weight excluding hydrogens is 348 g/mol. The fourth-order valence-corrected chi connectivity index (χ4v) is 2.95. The van der Waals surface area contributed by atoms with E-state index in [1.807, 2.05) is 0 Å². The number of aromatic nitrogens is 4. The number of carboxylic acid groups (broad SMARTS) is 1. The van der Waals surface area contributed by atoms with Gasteiger partial charge < -0.3 is 5.11 Å². The first-order valence-corrected chi connectivity index (χ1v) is 9.06. The summed E-state index contributed by atoms with van der Waals surface area (Å²) in [6.45, 7) is 2.23. The molecule has 1 unspecified atom stereocenters. The zero-order valence-electron chi connectivity index (χ0n) is 13.4. The zero-order valence-corrected chi connectivity index (χ0v) is 14.9. The molecule has 2 N–H and O–H groups in total. The molecule has 0 spiro atoms. The molecule has 0 aromatic carbocycles. The molecule has 0 aliphatic rings. The van der Waals surface area contributed by atoms with Crippen LogP contribution in [0.5, 0.6) is 0 Å². The Morgan fingerprint density at radius 1 is 1.09 bits per heavy atom. The Bertz CT molecular complexity index is 414. The lowest BCUT2D eigenvalue weighted by Crippen LogP contribution is -2.30. The van der Waals surface area contributed by atoms with Gasteiger partial charge in [0.05, 0.1) is 0 Å². The molecule has 0 saturated carbocycles. The van der Waals surface area contributed by atoms with E-state index >= 15 is 0 Å². The summed E-state index contributed by atoms with van der Waals surface area (Å²) >= 11 is 3.27. The second-order valence-corrected chi connectivity index (χ2v) is 7.13. The Kier molecular flexibility index (Phi) is 9.27. The van der Waals surface area contributed by atoms with Gasteiger partial charge in [-0.3, -0.25) is 4.79 Å². The van der Waals surface area contributed by atoms with Crippen LogP contribution in [0, 0.1) is 0 Å². The number of H-pyrrole nitrogens is 1. The summed E-state index contributed by atoms with van der Waals surface area (Å²) in [5.74, 6) is -0.777. The van der Waals surface area contributed by atoms with Crippen LogP contribution in [0.1, 0.15) is 83.4 Å². The highest BCUT2D eigenvalue weighted by Crippen LogP contribution is 2.34. The molecule has 0 aliphatic carbocycles. The topological polar surface area (TPSA) is 91.8 Å². The van der Waals surface area contributed by atoms with E-state index < -0.39 is 10.3 Å². The van der Waals surface area contributed by atoms with Crippen molar-refractivity contribution in [3.05, 3.63) is 5.82 Å². The van der Waals surface area contributed by atoms with E-state index in [0.29, 0.717) is 6.42 Å². The Balaban J connectivity index is 2.13. The molecule has 0 aliphatic heterocycles. The van der Waals surface area contributed by atoms with Crippen molar-refractivity contribution in [3.8, 4) is 0 Å². The van der Waals surface area contributed by atoms with Gasteiger partial charge in [0.15, 0.2) is 4.32 Å². The quantitative estimate of drug-likeness (QED) is 0.399. The van der Waals surface area contributed by atoms with E-state index in [4.69, 9.17) is 0 Å². The van der Waals surface area contributed by atoms with E-state index in [9.17, 15) is 9.90 Å². The van der Waals surface area contributed by atoms with Crippen LogP contribution in [0.3, 0.4) is 0 Å². The standard InChI is InChI=1S/C15H27BrN4O2/c1-2-3-4-5-6-7-8-9-10-11-12-15(16,14(21)22)13-17-19-20-18-13/h2-12H2,1H3,(H,21,22)(H,17,18,19,20). The number of carboxylic acids is 1. The Morgan fingerprint density at radius 3 is 2.09 bits per heavy atom. The number of tetrazole rings is 1. The third-order valence-corrected chi connectivity index (χ3v) is 5.00. The van der Waals surface area contributed by atoms with Crippen molar-refractivity contribution >= 4 is 21.9 Å². The van der Waals surface area contributed by atoms with E-state index in [1.54, 1.807) is 0 Å². The van der Waals surface area contributed by atoms with Gasteiger partial charge >= 0.3 is 5.97 Å². The van der Waals surface area contributed by atoms with Gasteiger partial charge in [0.1, 0.15) is 0 Å². The van der Waals surface area contributed by atoms with Crippen LogP contribution in [0.25, 0.3) is 0 Å². The van der Waals surface area contributed by atoms with Crippen molar-refractivity contribution in [1.29, 1.82) is 0 Å². The molecule has 0 fully saturated rings. The van der Waals surface area contributed by atoms with Gasteiger partial charge in [0.25, 0.3) is 0 Å². The molecule has 1 rings (SSSR count). The minimum absolute atomic E-state index is 0.191. The first kappa shape index (κ1) is 19.1. The minimum Gasteiger partial charge on any atom is -0.480 e.